The molecule has 1 aliphatic rings. The van der Waals surface area contributed by atoms with Crippen molar-refractivity contribution in [2.75, 3.05) is 39.6 Å². The first-order valence-corrected chi connectivity index (χ1v) is 11.0. The lowest BCUT2D eigenvalue weighted by Gasteiger charge is -2.21. The standard InChI is InChI=1S/C24H42O5/c1-7-13-26-20(4)15-28-22(6)17-29-21(5)16-27-19(3)14-25-18-24-11-9-23(8-2)10-12-24/h8-9,11-12,19-23H,2,7,10,13-18H2,1,3-6H3. The van der Waals surface area contributed by atoms with Gasteiger partial charge in [-0.05, 0) is 52.0 Å². The summed E-state index contributed by atoms with van der Waals surface area (Å²) in [5, 5.41) is 0. The summed E-state index contributed by atoms with van der Waals surface area (Å²) in [5.41, 5.74) is 1.22. The Kier molecular flexibility index (Phi) is 14.2. The summed E-state index contributed by atoms with van der Waals surface area (Å²) in [6.45, 7) is 17.6. The van der Waals surface area contributed by atoms with Gasteiger partial charge in [0, 0.05) is 6.61 Å². The van der Waals surface area contributed by atoms with E-state index in [1.165, 1.54) is 5.57 Å². The predicted octanol–water partition coefficient (Wildman–Crippen LogP) is 4.72. The summed E-state index contributed by atoms with van der Waals surface area (Å²) in [6.07, 6.45) is 10.7. The lowest BCUT2D eigenvalue weighted by atomic mass is 9.97. The fourth-order valence-corrected chi connectivity index (χ4v) is 2.72. The van der Waals surface area contributed by atoms with Crippen LogP contribution in [-0.2, 0) is 23.7 Å². The first-order valence-electron chi connectivity index (χ1n) is 11.0. The van der Waals surface area contributed by atoms with Gasteiger partial charge in [0.15, 0.2) is 0 Å². The van der Waals surface area contributed by atoms with Gasteiger partial charge in [0.2, 0.25) is 0 Å². The van der Waals surface area contributed by atoms with Gasteiger partial charge < -0.3 is 23.7 Å². The van der Waals surface area contributed by atoms with Crippen LogP contribution < -0.4 is 0 Å². The third kappa shape index (κ3) is 13.0. The van der Waals surface area contributed by atoms with Crippen LogP contribution in [0.25, 0.3) is 0 Å². The molecular weight excluding hydrogens is 368 g/mol. The van der Waals surface area contributed by atoms with Crippen LogP contribution in [0.15, 0.2) is 36.5 Å². The predicted molar refractivity (Wildman–Crippen MR) is 118 cm³/mol. The van der Waals surface area contributed by atoms with E-state index in [0.29, 0.717) is 39.0 Å². The van der Waals surface area contributed by atoms with Gasteiger partial charge >= 0.3 is 0 Å². The van der Waals surface area contributed by atoms with Gasteiger partial charge in [0.05, 0.1) is 57.5 Å². The number of allylic oxidation sites excluding steroid dienone is 3. The molecule has 1 aliphatic carbocycles. The second-order valence-corrected chi connectivity index (χ2v) is 7.90. The molecule has 5 atom stereocenters. The van der Waals surface area contributed by atoms with Crippen LogP contribution >= 0.6 is 0 Å². The van der Waals surface area contributed by atoms with E-state index >= 15 is 0 Å². The first-order chi connectivity index (χ1) is 13.9. The summed E-state index contributed by atoms with van der Waals surface area (Å²) in [4.78, 5) is 0. The van der Waals surface area contributed by atoms with Crippen LogP contribution in [0.2, 0.25) is 0 Å². The Bertz CT molecular complexity index is 488. The van der Waals surface area contributed by atoms with E-state index in [0.717, 1.165) is 19.4 Å². The molecule has 0 aromatic rings. The SMILES string of the molecule is C=CC1C=CC(COCC(C)OCC(C)OCC(C)OCC(C)OCCC)=CC1. The molecule has 0 saturated heterocycles. The molecule has 0 fully saturated rings. The molecule has 5 nitrogen and oxygen atoms in total. The van der Waals surface area contributed by atoms with Gasteiger partial charge in [-0.2, -0.15) is 0 Å². The molecule has 0 aliphatic heterocycles. The Morgan fingerprint density at radius 2 is 1.48 bits per heavy atom. The summed E-state index contributed by atoms with van der Waals surface area (Å²) >= 11 is 0. The zero-order chi connectivity index (χ0) is 21.5. The van der Waals surface area contributed by atoms with E-state index in [1.54, 1.807) is 0 Å². The Morgan fingerprint density at radius 3 is 1.97 bits per heavy atom. The molecule has 0 aromatic heterocycles. The van der Waals surface area contributed by atoms with E-state index in [2.05, 4.69) is 31.7 Å². The van der Waals surface area contributed by atoms with Gasteiger partial charge in [0.25, 0.3) is 0 Å². The van der Waals surface area contributed by atoms with E-state index < -0.39 is 0 Å². The second-order valence-electron chi connectivity index (χ2n) is 7.90. The first kappa shape index (κ1) is 26.1. The third-order valence-corrected chi connectivity index (χ3v) is 4.59. The maximum Gasteiger partial charge on any atom is 0.0781 e. The highest BCUT2D eigenvalue weighted by Gasteiger charge is 2.12. The molecular formula is C24H42O5. The quantitative estimate of drug-likeness (QED) is 0.325. The van der Waals surface area contributed by atoms with Crippen molar-refractivity contribution in [2.45, 2.75) is 71.9 Å². The van der Waals surface area contributed by atoms with E-state index in [1.807, 2.05) is 33.8 Å². The molecule has 0 heterocycles. The maximum atomic E-state index is 5.84. The van der Waals surface area contributed by atoms with Crippen LogP contribution in [0.1, 0.15) is 47.5 Å². The normalized spacial score (nSPS) is 20.7. The van der Waals surface area contributed by atoms with Crippen molar-refractivity contribution in [1.29, 1.82) is 0 Å². The molecule has 1 rings (SSSR count). The lowest BCUT2D eigenvalue weighted by Crippen LogP contribution is -2.28. The number of ether oxygens (including phenoxy) is 5. The van der Waals surface area contributed by atoms with Crippen LogP contribution in [-0.4, -0.2) is 64.1 Å². The zero-order valence-corrected chi connectivity index (χ0v) is 19.1. The highest BCUT2D eigenvalue weighted by Crippen LogP contribution is 2.17. The smallest absolute Gasteiger partial charge is 0.0781 e. The fraction of sp³-hybridized carbons (Fsp3) is 0.750. The van der Waals surface area contributed by atoms with Crippen LogP contribution in [0.3, 0.4) is 0 Å². The van der Waals surface area contributed by atoms with E-state index in [9.17, 15) is 0 Å². The molecule has 0 aromatic carbocycles. The maximum absolute atomic E-state index is 5.84. The summed E-state index contributed by atoms with van der Waals surface area (Å²) in [6, 6.07) is 0. The van der Waals surface area contributed by atoms with Gasteiger partial charge in [-0.3, -0.25) is 0 Å². The molecule has 0 saturated carbocycles. The monoisotopic (exact) mass is 410 g/mol. The minimum atomic E-state index is 0.0112. The van der Waals surface area contributed by atoms with E-state index in [-0.39, 0.29) is 24.4 Å². The zero-order valence-electron chi connectivity index (χ0n) is 19.1. The minimum absolute atomic E-state index is 0.0112. The summed E-state index contributed by atoms with van der Waals surface area (Å²) in [5.74, 6) is 0.452. The molecule has 0 bridgehead atoms. The average Bonchev–Trinajstić information content (AvgIpc) is 2.73. The molecule has 0 spiro atoms. The average molecular weight is 411 g/mol. The van der Waals surface area contributed by atoms with Crippen molar-refractivity contribution in [3.05, 3.63) is 36.5 Å². The van der Waals surface area contributed by atoms with Crippen molar-refractivity contribution in [3.63, 3.8) is 0 Å². The lowest BCUT2D eigenvalue weighted by molar-refractivity contribution is -0.0913. The van der Waals surface area contributed by atoms with Crippen LogP contribution in [0.5, 0.6) is 0 Å². The van der Waals surface area contributed by atoms with Crippen LogP contribution in [0, 0.1) is 5.92 Å². The Balaban J connectivity index is 2.05. The van der Waals surface area contributed by atoms with Crippen molar-refractivity contribution in [3.8, 4) is 0 Å². The van der Waals surface area contributed by atoms with Crippen molar-refractivity contribution in [1.82, 2.24) is 0 Å². The largest absolute Gasteiger partial charge is 0.376 e. The van der Waals surface area contributed by atoms with Crippen molar-refractivity contribution in [2.24, 2.45) is 5.92 Å². The highest BCUT2D eigenvalue weighted by molar-refractivity contribution is 5.25. The molecule has 0 radical (unpaired) electrons. The Labute approximate surface area is 178 Å². The third-order valence-electron chi connectivity index (χ3n) is 4.59. The topological polar surface area (TPSA) is 46.2 Å². The summed E-state index contributed by atoms with van der Waals surface area (Å²) in [7, 11) is 0. The van der Waals surface area contributed by atoms with E-state index in [4.69, 9.17) is 23.7 Å². The number of hydrogen-bond donors (Lipinski definition) is 0. The van der Waals surface area contributed by atoms with Gasteiger partial charge in [-0.25, -0.2) is 0 Å². The molecule has 5 unspecified atom stereocenters. The molecule has 5 heteroatoms. The molecule has 29 heavy (non-hydrogen) atoms. The van der Waals surface area contributed by atoms with Gasteiger partial charge in [-0.15, -0.1) is 6.58 Å². The number of hydrogen-bond acceptors (Lipinski definition) is 5. The minimum Gasteiger partial charge on any atom is -0.376 e. The molecule has 168 valence electrons. The Hall–Kier alpha value is -0.980. The van der Waals surface area contributed by atoms with Crippen molar-refractivity contribution < 1.29 is 23.7 Å². The Morgan fingerprint density at radius 1 is 0.931 bits per heavy atom. The van der Waals surface area contributed by atoms with Gasteiger partial charge in [0.1, 0.15) is 0 Å². The molecule has 0 amide bonds. The van der Waals surface area contributed by atoms with Crippen molar-refractivity contribution >= 4 is 0 Å². The van der Waals surface area contributed by atoms with Gasteiger partial charge in [-0.1, -0.05) is 31.2 Å². The number of rotatable bonds is 17. The molecule has 0 N–H and O–H groups in total. The highest BCUT2D eigenvalue weighted by atomic mass is 16.6. The second kappa shape index (κ2) is 15.8. The fourth-order valence-electron chi connectivity index (χ4n) is 2.72. The van der Waals surface area contributed by atoms with Crippen LogP contribution in [0.4, 0.5) is 0 Å². The summed E-state index contributed by atoms with van der Waals surface area (Å²) < 4.78 is 28.8.